The predicted octanol–water partition coefficient (Wildman–Crippen LogP) is 5.07. The zero-order valence-corrected chi connectivity index (χ0v) is 17.8. The van der Waals surface area contributed by atoms with E-state index in [0.29, 0.717) is 16.9 Å². The van der Waals surface area contributed by atoms with Crippen molar-refractivity contribution < 1.29 is 14.3 Å². The van der Waals surface area contributed by atoms with Crippen LogP contribution in [0.1, 0.15) is 33.1 Å². The number of thioether (sulfide) groups is 1. The van der Waals surface area contributed by atoms with Crippen LogP contribution in [0.3, 0.4) is 0 Å². The normalized spacial score (nSPS) is 22.0. The summed E-state index contributed by atoms with van der Waals surface area (Å²) in [7, 11) is 0. The van der Waals surface area contributed by atoms with Crippen molar-refractivity contribution >= 4 is 46.0 Å². The van der Waals surface area contributed by atoms with Gasteiger partial charge in [-0.2, -0.15) is 0 Å². The molecule has 3 atom stereocenters. The van der Waals surface area contributed by atoms with Gasteiger partial charge in [-0.25, -0.2) is 0 Å². The SMILES string of the molecule is C[C@H]1[C@@H](NC(=O)COC(=O)CSc2cccc3cccc(Cl)c23)CCC[C@@H]1C. The molecule has 28 heavy (non-hydrogen) atoms. The van der Waals surface area contributed by atoms with Crippen molar-refractivity contribution in [2.24, 2.45) is 11.8 Å². The van der Waals surface area contributed by atoms with Crippen molar-refractivity contribution in [1.82, 2.24) is 5.32 Å². The molecule has 1 N–H and O–H groups in total. The molecule has 0 aromatic heterocycles. The number of rotatable bonds is 6. The van der Waals surface area contributed by atoms with Gasteiger partial charge in [-0.1, -0.05) is 62.6 Å². The molecule has 2 aromatic rings. The van der Waals surface area contributed by atoms with Crippen molar-refractivity contribution in [2.45, 2.75) is 44.0 Å². The van der Waals surface area contributed by atoms with Crippen LogP contribution >= 0.6 is 23.4 Å². The maximum absolute atomic E-state index is 12.1. The largest absolute Gasteiger partial charge is 0.455 e. The molecular formula is C22H26ClNO3S. The lowest BCUT2D eigenvalue weighted by molar-refractivity contribution is -0.146. The second-order valence-corrected chi connectivity index (χ2v) is 8.91. The predicted molar refractivity (Wildman–Crippen MR) is 115 cm³/mol. The van der Waals surface area contributed by atoms with Gasteiger partial charge >= 0.3 is 5.97 Å². The van der Waals surface area contributed by atoms with Crippen LogP contribution in [0.4, 0.5) is 0 Å². The van der Waals surface area contributed by atoms with Crippen LogP contribution in [-0.4, -0.2) is 30.3 Å². The topological polar surface area (TPSA) is 55.4 Å². The molecule has 0 heterocycles. The molecule has 150 valence electrons. The summed E-state index contributed by atoms with van der Waals surface area (Å²) in [6.45, 7) is 4.17. The highest BCUT2D eigenvalue weighted by molar-refractivity contribution is 8.00. The maximum atomic E-state index is 12.1. The lowest BCUT2D eigenvalue weighted by Gasteiger charge is -2.34. The van der Waals surface area contributed by atoms with Crippen molar-refractivity contribution in [3.8, 4) is 0 Å². The molecule has 0 radical (unpaired) electrons. The molecule has 4 nitrogen and oxygen atoms in total. The molecule has 3 rings (SSSR count). The van der Waals surface area contributed by atoms with Gasteiger partial charge < -0.3 is 10.1 Å². The third kappa shape index (κ3) is 5.21. The number of amides is 1. The molecule has 0 aliphatic heterocycles. The number of hydrogen-bond acceptors (Lipinski definition) is 4. The number of carbonyl (C=O) groups excluding carboxylic acids is 2. The van der Waals surface area contributed by atoms with E-state index in [-0.39, 0.29) is 24.3 Å². The summed E-state index contributed by atoms with van der Waals surface area (Å²) in [6, 6.07) is 11.8. The van der Waals surface area contributed by atoms with Gasteiger partial charge in [0.05, 0.1) is 5.75 Å². The Kier molecular flexibility index (Phi) is 7.24. The van der Waals surface area contributed by atoms with E-state index >= 15 is 0 Å². The molecule has 6 heteroatoms. The van der Waals surface area contributed by atoms with E-state index in [1.165, 1.54) is 18.2 Å². The Labute approximate surface area is 175 Å². The summed E-state index contributed by atoms with van der Waals surface area (Å²) < 4.78 is 5.17. The molecule has 1 amide bonds. The van der Waals surface area contributed by atoms with Crippen molar-refractivity contribution in [3.63, 3.8) is 0 Å². The monoisotopic (exact) mass is 419 g/mol. The fraction of sp³-hybridized carbons (Fsp3) is 0.455. The van der Waals surface area contributed by atoms with Crippen LogP contribution in [0.15, 0.2) is 41.3 Å². The summed E-state index contributed by atoms with van der Waals surface area (Å²) in [5.41, 5.74) is 0. The Morgan fingerprint density at radius 1 is 1.18 bits per heavy atom. The van der Waals surface area contributed by atoms with E-state index in [1.54, 1.807) is 0 Å². The zero-order valence-electron chi connectivity index (χ0n) is 16.2. The summed E-state index contributed by atoms with van der Waals surface area (Å²) >= 11 is 7.68. The lowest BCUT2D eigenvalue weighted by Crippen LogP contribution is -2.45. The number of carbonyl (C=O) groups is 2. The Hall–Kier alpha value is -1.72. The smallest absolute Gasteiger partial charge is 0.316 e. The molecule has 0 spiro atoms. The first-order chi connectivity index (χ1) is 13.5. The third-order valence-electron chi connectivity index (χ3n) is 5.58. The van der Waals surface area contributed by atoms with Gasteiger partial charge in [0.1, 0.15) is 0 Å². The molecule has 1 aliphatic carbocycles. The highest BCUT2D eigenvalue weighted by atomic mass is 35.5. The Morgan fingerprint density at radius 2 is 1.93 bits per heavy atom. The first kappa shape index (κ1) is 21.0. The van der Waals surface area contributed by atoms with Crippen LogP contribution < -0.4 is 5.32 Å². The van der Waals surface area contributed by atoms with Gasteiger partial charge in [0.2, 0.25) is 0 Å². The van der Waals surface area contributed by atoms with Crippen LogP contribution in [-0.2, 0) is 14.3 Å². The van der Waals surface area contributed by atoms with Crippen molar-refractivity contribution in [1.29, 1.82) is 0 Å². The fourth-order valence-electron chi connectivity index (χ4n) is 3.74. The fourth-order valence-corrected chi connectivity index (χ4v) is 4.98. The summed E-state index contributed by atoms with van der Waals surface area (Å²) in [6.07, 6.45) is 3.32. The molecule has 1 aliphatic rings. The van der Waals surface area contributed by atoms with E-state index in [0.717, 1.165) is 28.5 Å². The number of fused-ring (bicyclic) bond motifs is 1. The number of benzene rings is 2. The number of hydrogen-bond donors (Lipinski definition) is 1. The van der Waals surface area contributed by atoms with E-state index in [4.69, 9.17) is 16.3 Å². The summed E-state index contributed by atoms with van der Waals surface area (Å²) in [5.74, 6) is 0.548. The number of esters is 1. The molecule has 1 fully saturated rings. The average Bonchev–Trinajstić information content (AvgIpc) is 2.68. The summed E-state index contributed by atoms with van der Waals surface area (Å²) in [5, 5.41) is 5.64. The highest BCUT2D eigenvalue weighted by Crippen LogP contribution is 2.33. The molecule has 0 bridgehead atoms. The standard InChI is InChI=1S/C22H26ClNO3S/c1-14-6-3-10-18(15(14)2)24-20(25)12-27-21(26)13-28-19-11-5-8-16-7-4-9-17(23)22(16)19/h4-5,7-9,11,14-15,18H,3,6,10,12-13H2,1-2H3,(H,24,25)/t14-,15+,18-/m0/s1. The quantitative estimate of drug-likeness (QED) is 0.524. The van der Waals surface area contributed by atoms with Gasteiger partial charge in [-0.15, -0.1) is 11.8 Å². The van der Waals surface area contributed by atoms with E-state index in [9.17, 15) is 9.59 Å². The maximum Gasteiger partial charge on any atom is 0.316 e. The Bertz CT molecular complexity index is 852. The van der Waals surface area contributed by atoms with Crippen LogP contribution in [0.2, 0.25) is 5.02 Å². The minimum Gasteiger partial charge on any atom is -0.455 e. The molecule has 2 aromatic carbocycles. The van der Waals surface area contributed by atoms with Crippen LogP contribution in [0, 0.1) is 11.8 Å². The minimum atomic E-state index is -0.408. The van der Waals surface area contributed by atoms with Gasteiger partial charge in [0, 0.05) is 21.3 Å². The van der Waals surface area contributed by atoms with Crippen molar-refractivity contribution in [2.75, 3.05) is 12.4 Å². The van der Waals surface area contributed by atoms with Gasteiger partial charge in [-0.3, -0.25) is 9.59 Å². The third-order valence-corrected chi connectivity index (χ3v) is 6.92. The molecular weight excluding hydrogens is 394 g/mol. The average molecular weight is 420 g/mol. The van der Waals surface area contributed by atoms with E-state index < -0.39 is 5.97 Å². The number of ether oxygens (including phenoxy) is 1. The van der Waals surface area contributed by atoms with Crippen LogP contribution in [0.25, 0.3) is 10.8 Å². The summed E-state index contributed by atoms with van der Waals surface area (Å²) in [4.78, 5) is 25.2. The van der Waals surface area contributed by atoms with Crippen LogP contribution in [0.5, 0.6) is 0 Å². The molecule has 1 saturated carbocycles. The molecule has 0 unspecified atom stereocenters. The van der Waals surface area contributed by atoms with Gasteiger partial charge in [0.15, 0.2) is 6.61 Å². The second-order valence-electron chi connectivity index (χ2n) is 7.48. The lowest BCUT2D eigenvalue weighted by atomic mass is 9.78. The minimum absolute atomic E-state index is 0.133. The molecule has 0 saturated heterocycles. The number of nitrogens with one attached hydrogen (secondary N) is 1. The van der Waals surface area contributed by atoms with E-state index in [1.807, 2.05) is 36.4 Å². The highest BCUT2D eigenvalue weighted by Gasteiger charge is 2.28. The Morgan fingerprint density at radius 3 is 2.71 bits per heavy atom. The first-order valence-electron chi connectivity index (χ1n) is 9.70. The Balaban J connectivity index is 1.48. The first-order valence-corrected chi connectivity index (χ1v) is 11.1. The second kappa shape index (κ2) is 9.66. The zero-order chi connectivity index (χ0) is 20.1. The van der Waals surface area contributed by atoms with Gasteiger partial charge in [-0.05, 0) is 35.8 Å². The van der Waals surface area contributed by atoms with E-state index in [2.05, 4.69) is 19.2 Å². The van der Waals surface area contributed by atoms with Crippen molar-refractivity contribution in [3.05, 3.63) is 41.4 Å². The van der Waals surface area contributed by atoms with Gasteiger partial charge in [0.25, 0.3) is 5.91 Å². The number of halogens is 1.